The van der Waals surface area contributed by atoms with Gasteiger partial charge in [0, 0.05) is 6.54 Å². The predicted octanol–water partition coefficient (Wildman–Crippen LogP) is 2.64. The lowest BCUT2D eigenvalue weighted by molar-refractivity contribution is -0.127. The van der Waals surface area contributed by atoms with E-state index < -0.39 is 0 Å². The third-order valence-corrected chi connectivity index (χ3v) is 3.51. The molecule has 0 aliphatic rings. The average molecular weight is 347 g/mol. The van der Waals surface area contributed by atoms with Crippen LogP contribution in [0.2, 0.25) is 5.02 Å². The molecular formula is C18H19ClN2O3. The summed E-state index contributed by atoms with van der Waals surface area (Å²) in [6.45, 7) is 2.05. The number of rotatable bonds is 7. The Morgan fingerprint density at radius 1 is 1.00 bits per heavy atom. The molecule has 2 aromatic rings. The zero-order valence-electron chi connectivity index (χ0n) is 13.3. The maximum Gasteiger partial charge on any atom is 0.258 e. The Labute approximate surface area is 146 Å². The first kappa shape index (κ1) is 17.8. The highest BCUT2D eigenvalue weighted by molar-refractivity contribution is 6.32. The Bertz CT molecular complexity index is 705. The monoisotopic (exact) mass is 346 g/mol. The zero-order valence-corrected chi connectivity index (χ0v) is 14.1. The van der Waals surface area contributed by atoms with Gasteiger partial charge in [0.1, 0.15) is 5.75 Å². The lowest BCUT2D eigenvalue weighted by Crippen LogP contribution is -2.38. The highest BCUT2D eigenvalue weighted by Gasteiger charge is 2.09. The van der Waals surface area contributed by atoms with Gasteiger partial charge in [-0.05, 0) is 30.2 Å². The molecule has 0 aromatic heterocycles. The fourth-order valence-corrected chi connectivity index (χ4v) is 2.30. The zero-order chi connectivity index (χ0) is 17.4. The van der Waals surface area contributed by atoms with E-state index in [-0.39, 0.29) is 25.0 Å². The summed E-state index contributed by atoms with van der Waals surface area (Å²) in [5, 5.41) is 5.49. The summed E-state index contributed by atoms with van der Waals surface area (Å²) >= 11 is 6.21. The second-order valence-electron chi connectivity index (χ2n) is 5.03. The Kier molecular flexibility index (Phi) is 6.63. The second-order valence-corrected chi connectivity index (χ2v) is 5.44. The summed E-state index contributed by atoms with van der Waals surface area (Å²) in [7, 11) is 0. The van der Waals surface area contributed by atoms with Crippen LogP contribution in [0.3, 0.4) is 0 Å². The lowest BCUT2D eigenvalue weighted by Gasteiger charge is -2.10. The molecule has 0 fully saturated rings. The molecule has 0 bridgehead atoms. The summed E-state index contributed by atoms with van der Waals surface area (Å²) in [5.41, 5.74) is 2.01. The van der Waals surface area contributed by atoms with Crippen molar-refractivity contribution < 1.29 is 14.3 Å². The SMILES string of the molecule is CCNC(=O)CNC(=O)COc1ccc(-c2ccccc2)cc1Cl. The van der Waals surface area contributed by atoms with E-state index >= 15 is 0 Å². The van der Waals surface area contributed by atoms with Crippen LogP contribution in [0.1, 0.15) is 6.92 Å². The minimum absolute atomic E-state index is 0.0727. The van der Waals surface area contributed by atoms with Gasteiger partial charge < -0.3 is 15.4 Å². The van der Waals surface area contributed by atoms with Crippen molar-refractivity contribution in [2.45, 2.75) is 6.92 Å². The smallest absolute Gasteiger partial charge is 0.258 e. The van der Waals surface area contributed by atoms with Gasteiger partial charge in [-0.25, -0.2) is 0 Å². The third-order valence-electron chi connectivity index (χ3n) is 3.22. The Hall–Kier alpha value is -2.53. The first-order chi connectivity index (χ1) is 11.6. The van der Waals surface area contributed by atoms with Gasteiger partial charge in [-0.1, -0.05) is 48.0 Å². The first-order valence-corrected chi connectivity index (χ1v) is 7.99. The molecule has 2 amide bonds. The summed E-state index contributed by atoms with van der Waals surface area (Å²) in [5.74, 6) is -0.204. The third kappa shape index (κ3) is 5.28. The molecule has 0 radical (unpaired) electrons. The van der Waals surface area contributed by atoms with Crippen molar-refractivity contribution in [3.05, 3.63) is 53.6 Å². The standard InChI is InChI=1S/C18H19ClN2O3/c1-2-20-17(22)11-21-18(23)12-24-16-9-8-14(10-15(16)19)13-6-4-3-5-7-13/h3-10H,2,11-12H2,1H3,(H,20,22)(H,21,23). The highest BCUT2D eigenvalue weighted by atomic mass is 35.5. The molecule has 24 heavy (non-hydrogen) atoms. The van der Waals surface area contributed by atoms with Crippen LogP contribution >= 0.6 is 11.6 Å². The van der Waals surface area contributed by atoms with Gasteiger partial charge in [-0.3, -0.25) is 9.59 Å². The molecule has 126 valence electrons. The topological polar surface area (TPSA) is 67.4 Å². The van der Waals surface area contributed by atoms with Crippen LogP contribution in [0.5, 0.6) is 5.75 Å². The number of nitrogens with one attached hydrogen (secondary N) is 2. The van der Waals surface area contributed by atoms with Crippen LogP contribution in [0.4, 0.5) is 0 Å². The number of amides is 2. The number of hydrogen-bond donors (Lipinski definition) is 2. The van der Waals surface area contributed by atoms with E-state index in [0.29, 0.717) is 17.3 Å². The Morgan fingerprint density at radius 2 is 1.75 bits per heavy atom. The molecule has 0 aliphatic heterocycles. The molecule has 0 saturated heterocycles. The fraction of sp³-hybridized carbons (Fsp3) is 0.222. The van der Waals surface area contributed by atoms with Crippen LogP contribution in [0.15, 0.2) is 48.5 Å². The molecule has 0 aliphatic carbocycles. The van der Waals surface area contributed by atoms with Crippen LogP contribution in [-0.2, 0) is 9.59 Å². The normalized spacial score (nSPS) is 10.1. The van der Waals surface area contributed by atoms with Crippen molar-refractivity contribution in [1.82, 2.24) is 10.6 Å². The number of carbonyl (C=O) groups is 2. The lowest BCUT2D eigenvalue weighted by atomic mass is 10.1. The number of ether oxygens (including phenoxy) is 1. The number of halogens is 1. The van der Waals surface area contributed by atoms with Crippen molar-refractivity contribution >= 4 is 23.4 Å². The number of likely N-dealkylation sites (N-methyl/N-ethyl adjacent to an activating group) is 1. The molecule has 0 spiro atoms. The quantitative estimate of drug-likeness (QED) is 0.810. The summed E-state index contributed by atoms with van der Waals surface area (Å²) in [6, 6.07) is 15.2. The maximum atomic E-state index is 11.7. The van der Waals surface area contributed by atoms with Crippen LogP contribution in [0.25, 0.3) is 11.1 Å². The Morgan fingerprint density at radius 3 is 2.42 bits per heavy atom. The van der Waals surface area contributed by atoms with Crippen molar-refractivity contribution in [3.8, 4) is 16.9 Å². The molecular weight excluding hydrogens is 328 g/mol. The van der Waals surface area contributed by atoms with Gasteiger partial charge in [0.25, 0.3) is 5.91 Å². The van der Waals surface area contributed by atoms with Gasteiger partial charge in [-0.2, -0.15) is 0 Å². The molecule has 6 heteroatoms. The van der Waals surface area contributed by atoms with Gasteiger partial charge in [0.15, 0.2) is 6.61 Å². The van der Waals surface area contributed by atoms with Crippen LogP contribution in [0, 0.1) is 0 Å². The van der Waals surface area contributed by atoms with Gasteiger partial charge in [0.2, 0.25) is 5.91 Å². The summed E-state index contributed by atoms with van der Waals surface area (Å²) < 4.78 is 5.41. The molecule has 0 atom stereocenters. The predicted molar refractivity (Wildman–Crippen MR) is 94.1 cm³/mol. The largest absolute Gasteiger partial charge is 0.482 e. The first-order valence-electron chi connectivity index (χ1n) is 7.61. The molecule has 0 unspecified atom stereocenters. The van der Waals surface area contributed by atoms with Crippen LogP contribution in [-0.4, -0.2) is 31.5 Å². The molecule has 2 aromatic carbocycles. The maximum absolute atomic E-state index is 11.7. The number of benzene rings is 2. The fourth-order valence-electron chi connectivity index (χ4n) is 2.06. The van der Waals surface area contributed by atoms with Gasteiger partial charge in [0.05, 0.1) is 11.6 Å². The van der Waals surface area contributed by atoms with Crippen LogP contribution < -0.4 is 15.4 Å². The average Bonchev–Trinajstić information content (AvgIpc) is 2.60. The van der Waals surface area contributed by atoms with E-state index in [0.717, 1.165) is 11.1 Å². The van der Waals surface area contributed by atoms with Crippen molar-refractivity contribution in [2.75, 3.05) is 19.7 Å². The van der Waals surface area contributed by atoms with Crippen molar-refractivity contribution in [3.63, 3.8) is 0 Å². The number of carbonyl (C=O) groups excluding carboxylic acids is 2. The molecule has 0 saturated carbocycles. The van der Waals surface area contributed by atoms with E-state index in [4.69, 9.17) is 16.3 Å². The highest BCUT2D eigenvalue weighted by Crippen LogP contribution is 2.30. The van der Waals surface area contributed by atoms with E-state index in [9.17, 15) is 9.59 Å². The molecule has 0 heterocycles. The van der Waals surface area contributed by atoms with E-state index in [1.165, 1.54) is 0 Å². The number of hydrogen-bond acceptors (Lipinski definition) is 3. The summed E-state index contributed by atoms with van der Waals surface area (Å²) in [6.07, 6.45) is 0. The van der Waals surface area contributed by atoms with E-state index in [1.54, 1.807) is 12.1 Å². The van der Waals surface area contributed by atoms with Gasteiger partial charge in [-0.15, -0.1) is 0 Å². The van der Waals surface area contributed by atoms with Crippen molar-refractivity contribution in [2.24, 2.45) is 0 Å². The Balaban J connectivity index is 1.89. The minimum Gasteiger partial charge on any atom is -0.482 e. The minimum atomic E-state index is -0.385. The van der Waals surface area contributed by atoms with Crippen molar-refractivity contribution in [1.29, 1.82) is 0 Å². The second kappa shape index (κ2) is 8.93. The molecule has 2 rings (SSSR count). The van der Waals surface area contributed by atoms with E-state index in [2.05, 4.69) is 10.6 Å². The van der Waals surface area contributed by atoms with E-state index in [1.807, 2.05) is 43.3 Å². The molecule has 5 nitrogen and oxygen atoms in total. The molecule has 2 N–H and O–H groups in total. The van der Waals surface area contributed by atoms with Gasteiger partial charge >= 0.3 is 0 Å². The summed E-state index contributed by atoms with van der Waals surface area (Å²) in [4.78, 5) is 22.9.